The van der Waals surface area contributed by atoms with Gasteiger partial charge in [0.1, 0.15) is 12.0 Å². The summed E-state index contributed by atoms with van der Waals surface area (Å²) in [5.41, 5.74) is 5.12. The molecule has 1 aromatic carbocycles. The van der Waals surface area contributed by atoms with E-state index < -0.39 is 0 Å². The van der Waals surface area contributed by atoms with Gasteiger partial charge in [-0.25, -0.2) is 0 Å². The van der Waals surface area contributed by atoms with Gasteiger partial charge in [0, 0.05) is 5.56 Å². The summed E-state index contributed by atoms with van der Waals surface area (Å²) in [6.07, 6.45) is 5.82. The third-order valence-corrected chi connectivity index (χ3v) is 5.16. The van der Waals surface area contributed by atoms with Crippen molar-refractivity contribution in [3.63, 3.8) is 0 Å². The van der Waals surface area contributed by atoms with Crippen LogP contribution in [0.15, 0.2) is 18.2 Å². The molecule has 0 unspecified atom stereocenters. The predicted octanol–water partition coefficient (Wildman–Crippen LogP) is 5.43. The highest BCUT2D eigenvalue weighted by atomic mass is 16.5. The molecule has 0 N–H and O–H groups in total. The zero-order valence-corrected chi connectivity index (χ0v) is 15.5. The maximum Gasteiger partial charge on any atom is 0.143 e. The lowest BCUT2D eigenvalue weighted by atomic mass is 9.62. The topological polar surface area (TPSA) is 26.3 Å². The number of allylic oxidation sites excluding steroid dienone is 2. The third kappa shape index (κ3) is 3.52. The van der Waals surface area contributed by atoms with Crippen LogP contribution in [0.4, 0.5) is 0 Å². The zero-order valence-electron chi connectivity index (χ0n) is 15.5. The normalized spacial score (nSPS) is 19.1. The summed E-state index contributed by atoms with van der Waals surface area (Å²) >= 11 is 0. The summed E-state index contributed by atoms with van der Waals surface area (Å²) in [7, 11) is 0. The molecule has 0 saturated heterocycles. The minimum Gasteiger partial charge on any atom is -0.493 e. The number of ether oxygens (including phenoxy) is 1. The monoisotopic (exact) mass is 314 g/mol. The first-order valence-corrected chi connectivity index (χ1v) is 8.67. The van der Waals surface area contributed by atoms with Gasteiger partial charge in [-0.05, 0) is 71.9 Å². The molecule has 2 heteroatoms. The summed E-state index contributed by atoms with van der Waals surface area (Å²) in [6, 6.07) is 4.49. The molecule has 1 aromatic rings. The largest absolute Gasteiger partial charge is 0.493 e. The quantitative estimate of drug-likeness (QED) is 0.535. The SMILES string of the molecule is CCCOc1cc2c(cc1C(C)=CC=O)C(C)(C)CCC2(C)C. The maximum absolute atomic E-state index is 10.9. The van der Waals surface area contributed by atoms with Crippen molar-refractivity contribution in [2.45, 2.75) is 71.6 Å². The number of hydrogen-bond acceptors (Lipinski definition) is 2. The van der Waals surface area contributed by atoms with Crippen LogP contribution in [0.25, 0.3) is 5.57 Å². The highest BCUT2D eigenvalue weighted by Crippen LogP contribution is 2.48. The number of rotatable bonds is 5. The molecule has 0 spiro atoms. The number of benzene rings is 1. The van der Waals surface area contributed by atoms with Crippen molar-refractivity contribution in [1.29, 1.82) is 0 Å². The Morgan fingerprint density at radius 1 is 1.13 bits per heavy atom. The van der Waals surface area contributed by atoms with Crippen LogP contribution in [0.2, 0.25) is 0 Å². The van der Waals surface area contributed by atoms with Gasteiger partial charge in [0.05, 0.1) is 6.61 Å². The fourth-order valence-corrected chi connectivity index (χ4v) is 3.43. The van der Waals surface area contributed by atoms with E-state index in [-0.39, 0.29) is 10.8 Å². The molecule has 0 aromatic heterocycles. The molecule has 126 valence electrons. The van der Waals surface area contributed by atoms with Crippen molar-refractivity contribution in [3.8, 4) is 5.75 Å². The molecule has 0 bridgehead atoms. The molecule has 1 aliphatic carbocycles. The van der Waals surface area contributed by atoms with Crippen molar-refractivity contribution < 1.29 is 9.53 Å². The van der Waals surface area contributed by atoms with Crippen LogP contribution in [0.5, 0.6) is 5.75 Å². The van der Waals surface area contributed by atoms with Crippen LogP contribution in [-0.2, 0) is 15.6 Å². The smallest absolute Gasteiger partial charge is 0.143 e. The van der Waals surface area contributed by atoms with Crippen LogP contribution >= 0.6 is 0 Å². The molecule has 0 fully saturated rings. The van der Waals surface area contributed by atoms with Crippen molar-refractivity contribution in [2.24, 2.45) is 0 Å². The fourth-order valence-electron chi connectivity index (χ4n) is 3.43. The molecule has 0 amide bonds. The Morgan fingerprint density at radius 3 is 2.22 bits per heavy atom. The van der Waals surface area contributed by atoms with Crippen LogP contribution in [-0.4, -0.2) is 12.9 Å². The van der Waals surface area contributed by atoms with Gasteiger partial charge in [0.2, 0.25) is 0 Å². The number of carbonyl (C=O) groups excluding carboxylic acids is 1. The lowest BCUT2D eigenvalue weighted by Crippen LogP contribution is -2.34. The van der Waals surface area contributed by atoms with Crippen LogP contribution in [0.1, 0.15) is 77.5 Å². The van der Waals surface area contributed by atoms with Gasteiger partial charge in [-0.15, -0.1) is 0 Å². The predicted molar refractivity (Wildman–Crippen MR) is 97.2 cm³/mol. The molecular weight excluding hydrogens is 284 g/mol. The van der Waals surface area contributed by atoms with E-state index in [0.717, 1.165) is 29.6 Å². The fraction of sp³-hybridized carbons (Fsp3) is 0.571. The van der Waals surface area contributed by atoms with Crippen LogP contribution in [0, 0.1) is 0 Å². The number of carbonyl (C=O) groups is 1. The molecule has 0 saturated carbocycles. The van der Waals surface area contributed by atoms with E-state index >= 15 is 0 Å². The molecule has 0 aliphatic heterocycles. The van der Waals surface area contributed by atoms with E-state index in [1.165, 1.54) is 24.0 Å². The maximum atomic E-state index is 10.9. The first-order chi connectivity index (χ1) is 10.7. The van der Waals surface area contributed by atoms with Gasteiger partial charge in [0.25, 0.3) is 0 Å². The van der Waals surface area contributed by atoms with Crippen molar-refractivity contribution in [2.75, 3.05) is 6.61 Å². The highest BCUT2D eigenvalue weighted by Gasteiger charge is 2.38. The average Bonchev–Trinajstić information content (AvgIpc) is 2.49. The molecule has 2 nitrogen and oxygen atoms in total. The van der Waals surface area contributed by atoms with E-state index in [1.54, 1.807) is 6.08 Å². The minimum atomic E-state index is 0.157. The van der Waals surface area contributed by atoms with Crippen molar-refractivity contribution >= 4 is 11.9 Å². The summed E-state index contributed by atoms with van der Waals surface area (Å²) in [4.78, 5) is 10.9. The summed E-state index contributed by atoms with van der Waals surface area (Å²) in [5.74, 6) is 0.909. The molecule has 23 heavy (non-hydrogen) atoms. The second-order valence-corrected chi connectivity index (χ2v) is 8.00. The first kappa shape index (κ1) is 17.8. The Kier molecular flexibility index (Phi) is 5.03. The van der Waals surface area contributed by atoms with Gasteiger partial charge < -0.3 is 4.74 Å². The number of fused-ring (bicyclic) bond motifs is 1. The van der Waals surface area contributed by atoms with Crippen molar-refractivity contribution in [3.05, 3.63) is 34.9 Å². The van der Waals surface area contributed by atoms with Gasteiger partial charge in [-0.3, -0.25) is 4.79 Å². The van der Waals surface area contributed by atoms with Gasteiger partial charge in [0.15, 0.2) is 0 Å². The van der Waals surface area contributed by atoms with Gasteiger partial charge in [-0.1, -0.05) is 34.6 Å². The number of aldehydes is 1. The Balaban J connectivity index is 2.67. The number of hydrogen-bond donors (Lipinski definition) is 0. The molecule has 0 heterocycles. The molecular formula is C21H30O2. The second kappa shape index (κ2) is 6.51. The highest BCUT2D eigenvalue weighted by molar-refractivity contribution is 5.83. The first-order valence-electron chi connectivity index (χ1n) is 8.67. The van der Waals surface area contributed by atoms with Gasteiger partial charge in [-0.2, -0.15) is 0 Å². The standard InChI is InChI=1S/C21H30O2/c1-7-12-23-19-14-18-17(13-16(19)15(2)8-11-22)20(3,4)9-10-21(18,5)6/h8,11,13-14H,7,9-10,12H2,1-6H3. The average molecular weight is 314 g/mol. The Hall–Kier alpha value is -1.57. The van der Waals surface area contributed by atoms with E-state index in [1.807, 2.05) is 6.92 Å². The third-order valence-electron chi connectivity index (χ3n) is 5.16. The Bertz CT molecular complexity index is 621. The van der Waals surface area contributed by atoms with Crippen molar-refractivity contribution in [1.82, 2.24) is 0 Å². The van der Waals surface area contributed by atoms with E-state index in [0.29, 0.717) is 6.61 Å². The summed E-state index contributed by atoms with van der Waals surface area (Å²) in [6.45, 7) is 14.1. The lowest BCUT2D eigenvalue weighted by Gasteiger charge is -2.42. The van der Waals surface area contributed by atoms with E-state index in [9.17, 15) is 4.79 Å². The van der Waals surface area contributed by atoms with Gasteiger partial charge >= 0.3 is 0 Å². The van der Waals surface area contributed by atoms with Crippen LogP contribution in [0.3, 0.4) is 0 Å². The zero-order chi connectivity index (χ0) is 17.3. The Labute approximate surface area is 140 Å². The molecule has 0 atom stereocenters. The summed E-state index contributed by atoms with van der Waals surface area (Å²) in [5, 5.41) is 0. The molecule has 0 radical (unpaired) electrons. The van der Waals surface area contributed by atoms with E-state index in [4.69, 9.17) is 4.74 Å². The summed E-state index contributed by atoms with van der Waals surface area (Å²) < 4.78 is 6.02. The minimum absolute atomic E-state index is 0.157. The molecule has 1 aliphatic rings. The lowest BCUT2D eigenvalue weighted by molar-refractivity contribution is -0.104. The van der Waals surface area contributed by atoms with Crippen LogP contribution < -0.4 is 4.74 Å². The second-order valence-electron chi connectivity index (χ2n) is 8.00. The van der Waals surface area contributed by atoms with E-state index in [2.05, 4.69) is 46.8 Å². The molecule has 2 rings (SSSR count). The Morgan fingerprint density at radius 2 is 1.70 bits per heavy atom.